The smallest absolute Gasteiger partial charge is 0.305 e. The van der Waals surface area contributed by atoms with Crippen LogP contribution in [0.3, 0.4) is 0 Å². The van der Waals surface area contributed by atoms with Crippen molar-refractivity contribution in [3.8, 4) is 11.5 Å². The summed E-state index contributed by atoms with van der Waals surface area (Å²) in [6, 6.07) is 5.32. The van der Waals surface area contributed by atoms with Crippen molar-refractivity contribution in [1.29, 1.82) is 0 Å². The Morgan fingerprint density at radius 1 is 1.29 bits per heavy atom. The maximum atomic E-state index is 11.1. The van der Waals surface area contributed by atoms with Crippen molar-refractivity contribution in [2.75, 3.05) is 14.2 Å². The highest BCUT2D eigenvalue weighted by Crippen LogP contribution is 2.36. The lowest BCUT2D eigenvalue weighted by Crippen LogP contribution is -2.13. The van der Waals surface area contributed by atoms with Crippen LogP contribution in [0.2, 0.25) is 0 Å². The highest BCUT2D eigenvalue weighted by Gasteiger charge is 2.15. The lowest BCUT2D eigenvalue weighted by Gasteiger charge is -2.18. The average molecular weight is 335 g/mol. The van der Waals surface area contributed by atoms with E-state index in [1.807, 2.05) is 6.92 Å². The number of rotatable bonds is 8. The fourth-order valence-electron chi connectivity index (χ4n) is 1.84. The molecule has 0 aromatic heterocycles. The molecule has 0 aliphatic heterocycles. The van der Waals surface area contributed by atoms with E-state index in [0.717, 1.165) is 6.42 Å². The molecule has 6 heteroatoms. The summed E-state index contributed by atoms with van der Waals surface area (Å²) < 4.78 is 15.6. The zero-order valence-corrected chi connectivity index (χ0v) is 13.9. The Bertz CT molecular complexity index is 463. The van der Waals surface area contributed by atoms with Gasteiger partial charge in [-0.15, -0.1) is 0 Å². The van der Waals surface area contributed by atoms with Crippen molar-refractivity contribution >= 4 is 29.2 Å². The first kappa shape index (κ1) is 17.9. The largest absolute Gasteiger partial charge is 0.497 e. The van der Waals surface area contributed by atoms with Gasteiger partial charge in [-0.3, -0.25) is 4.79 Å². The summed E-state index contributed by atoms with van der Waals surface area (Å²) >= 11 is 11.9. The number of methoxy groups -OCH3 is 2. The lowest BCUT2D eigenvalue weighted by molar-refractivity contribution is -0.140. The molecule has 0 aliphatic rings. The molecule has 0 aliphatic carbocycles. The Hall–Kier alpha value is -1.13. The number of carbonyl (C=O) groups excluding carboxylic acids is 1. The molecule has 4 nitrogen and oxygen atoms in total. The molecule has 0 bridgehead atoms. The maximum absolute atomic E-state index is 11.1. The van der Waals surface area contributed by atoms with E-state index in [0.29, 0.717) is 29.9 Å². The summed E-state index contributed by atoms with van der Waals surface area (Å²) in [6.45, 7) is 1.93. The molecular formula is C15H20Cl2O4. The number of hydrogen-bond donors (Lipinski definition) is 0. The maximum Gasteiger partial charge on any atom is 0.305 e. The van der Waals surface area contributed by atoms with E-state index in [-0.39, 0.29) is 12.1 Å². The summed E-state index contributed by atoms with van der Waals surface area (Å²) in [5, 5.41) is 0. The Morgan fingerprint density at radius 2 is 2.00 bits per heavy atom. The van der Waals surface area contributed by atoms with Gasteiger partial charge in [0.25, 0.3) is 0 Å². The van der Waals surface area contributed by atoms with Crippen LogP contribution in [0.1, 0.15) is 36.6 Å². The van der Waals surface area contributed by atoms with Gasteiger partial charge in [0.05, 0.1) is 20.3 Å². The number of alkyl halides is 2. The van der Waals surface area contributed by atoms with Crippen molar-refractivity contribution in [3.05, 3.63) is 23.8 Å². The second-order valence-corrected chi connectivity index (χ2v) is 5.70. The van der Waals surface area contributed by atoms with E-state index in [2.05, 4.69) is 4.74 Å². The standard InChI is InChI=1S/C15H20Cl2O4/c1-10(5-4-6-14(18)20-3)21-13-8-7-11(19-2)9-12(13)15(16)17/h7-10,15H,4-6H2,1-3H3. The van der Waals surface area contributed by atoms with E-state index >= 15 is 0 Å². The average Bonchev–Trinajstić information content (AvgIpc) is 2.47. The lowest BCUT2D eigenvalue weighted by atomic mass is 10.1. The van der Waals surface area contributed by atoms with Crippen LogP contribution in [0.4, 0.5) is 0 Å². The van der Waals surface area contributed by atoms with E-state index in [1.54, 1.807) is 25.3 Å². The number of ether oxygens (including phenoxy) is 3. The highest BCUT2D eigenvalue weighted by molar-refractivity contribution is 6.44. The first-order valence-electron chi connectivity index (χ1n) is 6.67. The molecule has 21 heavy (non-hydrogen) atoms. The van der Waals surface area contributed by atoms with Crippen LogP contribution in [0.15, 0.2) is 18.2 Å². The predicted octanol–water partition coefficient (Wildman–Crippen LogP) is 4.28. The van der Waals surface area contributed by atoms with E-state index in [4.69, 9.17) is 32.7 Å². The van der Waals surface area contributed by atoms with Crippen molar-refractivity contribution < 1.29 is 19.0 Å². The zero-order valence-electron chi connectivity index (χ0n) is 12.4. The van der Waals surface area contributed by atoms with E-state index in [1.165, 1.54) is 7.11 Å². The normalized spacial score (nSPS) is 12.1. The summed E-state index contributed by atoms with van der Waals surface area (Å²) in [7, 11) is 2.96. The minimum absolute atomic E-state index is 0.0612. The first-order chi connectivity index (χ1) is 9.97. The van der Waals surface area contributed by atoms with Crippen molar-refractivity contribution in [3.63, 3.8) is 0 Å². The van der Waals surface area contributed by atoms with Crippen LogP contribution >= 0.6 is 23.2 Å². The summed E-state index contributed by atoms with van der Waals surface area (Å²) in [6.07, 6.45) is 1.75. The van der Waals surface area contributed by atoms with Gasteiger partial charge in [-0.1, -0.05) is 23.2 Å². The Kier molecular flexibility index (Phi) is 7.68. The van der Waals surface area contributed by atoms with Gasteiger partial charge in [-0.2, -0.15) is 0 Å². The van der Waals surface area contributed by atoms with E-state index in [9.17, 15) is 4.79 Å². The third kappa shape index (κ3) is 6.02. The van der Waals surface area contributed by atoms with Gasteiger partial charge in [0.1, 0.15) is 16.3 Å². The summed E-state index contributed by atoms with van der Waals surface area (Å²) in [5.41, 5.74) is 0.664. The molecule has 0 amide bonds. The van der Waals surface area contributed by atoms with Gasteiger partial charge in [0.2, 0.25) is 0 Å². The Labute approximate surface area is 135 Å². The number of hydrogen-bond acceptors (Lipinski definition) is 4. The molecular weight excluding hydrogens is 315 g/mol. The molecule has 118 valence electrons. The van der Waals surface area contributed by atoms with Crippen LogP contribution in [0, 0.1) is 0 Å². The quantitative estimate of drug-likeness (QED) is 0.525. The molecule has 0 N–H and O–H groups in total. The monoisotopic (exact) mass is 334 g/mol. The van der Waals surface area contributed by atoms with Gasteiger partial charge >= 0.3 is 5.97 Å². The van der Waals surface area contributed by atoms with Gasteiger partial charge in [0, 0.05) is 12.0 Å². The van der Waals surface area contributed by atoms with Crippen LogP contribution in [0.25, 0.3) is 0 Å². The Morgan fingerprint density at radius 3 is 2.57 bits per heavy atom. The summed E-state index contributed by atoms with van der Waals surface area (Å²) in [5.74, 6) is 1.08. The van der Waals surface area contributed by atoms with Gasteiger partial charge in [-0.25, -0.2) is 0 Å². The number of benzene rings is 1. The van der Waals surface area contributed by atoms with Gasteiger partial charge in [0.15, 0.2) is 0 Å². The van der Waals surface area contributed by atoms with Gasteiger partial charge < -0.3 is 14.2 Å². The van der Waals surface area contributed by atoms with Crippen molar-refractivity contribution in [2.45, 2.75) is 37.1 Å². The minimum Gasteiger partial charge on any atom is -0.497 e. The molecule has 0 saturated heterocycles. The molecule has 1 atom stereocenters. The second-order valence-electron chi connectivity index (χ2n) is 4.60. The molecule has 0 saturated carbocycles. The number of carbonyl (C=O) groups is 1. The van der Waals surface area contributed by atoms with Crippen molar-refractivity contribution in [2.24, 2.45) is 0 Å². The SMILES string of the molecule is COC(=O)CCCC(C)Oc1ccc(OC)cc1C(Cl)Cl. The first-order valence-corrected chi connectivity index (χ1v) is 7.54. The second kappa shape index (κ2) is 9.00. The highest BCUT2D eigenvalue weighted by atomic mass is 35.5. The minimum atomic E-state index is -0.697. The van der Waals surface area contributed by atoms with Crippen LogP contribution in [-0.2, 0) is 9.53 Å². The fourth-order valence-corrected chi connectivity index (χ4v) is 2.18. The molecule has 0 heterocycles. The molecule has 1 rings (SSSR count). The topological polar surface area (TPSA) is 44.8 Å². The molecule has 0 spiro atoms. The number of halogens is 2. The van der Waals surface area contributed by atoms with Crippen LogP contribution in [-0.4, -0.2) is 26.3 Å². The third-order valence-corrected chi connectivity index (χ3v) is 3.47. The van der Waals surface area contributed by atoms with Crippen molar-refractivity contribution in [1.82, 2.24) is 0 Å². The molecule has 1 unspecified atom stereocenters. The molecule has 1 aromatic carbocycles. The Balaban J connectivity index is 2.62. The molecule has 0 radical (unpaired) electrons. The fraction of sp³-hybridized carbons (Fsp3) is 0.533. The number of esters is 1. The van der Waals surface area contributed by atoms with Crippen LogP contribution in [0.5, 0.6) is 11.5 Å². The predicted molar refractivity (Wildman–Crippen MR) is 83.4 cm³/mol. The molecule has 1 aromatic rings. The van der Waals surface area contributed by atoms with Gasteiger partial charge in [-0.05, 0) is 38.0 Å². The summed E-state index contributed by atoms with van der Waals surface area (Å²) in [4.78, 5) is 10.4. The third-order valence-electron chi connectivity index (χ3n) is 3.00. The zero-order chi connectivity index (χ0) is 15.8. The van der Waals surface area contributed by atoms with Crippen LogP contribution < -0.4 is 9.47 Å². The van der Waals surface area contributed by atoms with E-state index < -0.39 is 4.84 Å². The molecule has 0 fully saturated rings.